The molecule has 55 heavy (non-hydrogen) atoms. The molecule has 0 unspecified atom stereocenters. The Hall–Kier alpha value is -7.36. The number of aromatic nitrogens is 1. The summed E-state index contributed by atoms with van der Waals surface area (Å²) in [6.45, 7) is 0. The van der Waals surface area contributed by atoms with Crippen molar-refractivity contribution < 1.29 is 4.42 Å². The van der Waals surface area contributed by atoms with Crippen LogP contribution in [0.2, 0.25) is 0 Å². The first-order valence-corrected chi connectivity index (χ1v) is 18.8. The minimum atomic E-state index is 0.871. The highest BCUT2D eigenvalue weighted by molar-refractivity contribution is 6.09. The van der Waals surface area contributed by atoms with Crippen LogP contribution >= 0.6 is 0 Å². The Morgan fingerprint density at radius 1 is 0.345 bits per heavy atom. The van der Waals surface area contributed by atoms with Crippen molar-refractivity contribution in [1.29, 1.82) is 0 Å². The van der Waals surface area contributed by atoms with E-state index < -0.39 is 0 Å². The van der Waals surface area contributed by atoms with Crippen molar-refractivity contribution in [2.45, 2.75) is 0 Å². The summed E-state index contributed by atoms with van der Waals surface area (Å²) >= 11 is 0. The van der Waals surface area contributed by atoms with Crippen molar-refractivity contribution in [2.75, 3.05) is 4.90 Å². The Kier molecular flexibility index (Phi) is 7.17. The Balaban J connectivity index is 0.974. The highest BCUT2D eigenvalue weighted by Crippen LogP contribution is 2.41. The SMILES string of the molecule is c1ccc2c(-c3ccc(N(c4ccc(-c5ccc(-n6c7ccccc7c7ccccc76)cc5)cc4)c4ccc5c(c4)oc4ccccc45)cc3)cccc2c1. The van der Waals surface area contributed by atoms with E-state index in [0.29, 0.717) is 0 Å². The van der Waals surface area contributed by atoms with Gasteiger partial charge in [-0.1, -0.05) is 133 Å². The molecule has 2 heterocycles. The van der Waals surface area contributed by atoms with Crippen LogP contribution in [0.5, 0.6) is 0 Å². The van der Waals surface area contributed by atoms with Crippen LogP contribution < -0.4 is 4.90 Å². The van der Waals surface area contributed by atoms with Crippen LogP contribution in [0.1, 0.15) is 0 Å². The maximum atomic E-state index is 6.37. The maximum Gasteiger partial charge on any atom is 0.137 e. The predicted molar refractivity (Wildman–Crippen MR) is 231 cm³/mol. The second-order valence-corrected chi connectivity index (χ2v) is 14.2. The topological polar surface area (TPSA) is 21.3 Å². The van der Waals surface area contributed by atoms with Crippen LogP contribution in [-0.2, 0) is 0 Å². The van der Waals surface area contributed by atoms with E-state index in [4.69, 9.17) is 4.42 Å². The summed E-state index contributed by atoms with van der Waals surface area (Å²) in [5.74, 6) is 0. The average Bonchev–Trinajstić information content (AvgIpc) is 3.80. The van der Waals surface area contributed by atoms with Gasteiger partial charge in [0.2, 0.25) is 0 Å². The lowest BCUT2D eigenvalue weighted by atomic mass is 9.98. The lowest BCUT2D eigenvalue weighted by molar-refractivity contribution is 0.669. The van der Waals surface area contributed by atoms with Gasteiger partial charge in [-0.3, -0.25) is 0 Å². The van der Waals surface area contributed by atoms with E-state index in [9.17, 15) is 0 Å². The molecule has 0 N–H and O–H groups in total. The quantitative estimate of drug-likeness (QED) is 0.172. The molecule has 0 bridgehead atoms. The predicted octanol–water partition coefficient (Wildman–Crippen LogP) is 14.6. The summed E-state index contributed by atoms with van der Waals surface area (Å²) in [5.41, 5.74) is 13.3. The molecule has 11 rings (SSSR count). The van der Waals surface area contributed by atoms with Crippen LogP contribution in [0.25, 0.3) is 82.5 Å². The zero-order valence-corrected chi connectivity index (χ0v) is 29.9. The summed E-state index contributed by atoms with van der Waals surface area (Å²) in [7, 11) is 0. The van der Waals surface area contributed by atoms with Crippen LogP contribution in [0.4, 0.5) is 17.1 Å². The van der Waals surface area contributed by atoms with Crippen molar-refractivity contribution >= 4 is 71.6 Å². The largest absolute Gasteiger partial charge is 0.456 e. The zero-order chi connectivity index (χ0) is 36.3. The lowest BCUT2D eigenvalue weighted by Gasteiger charge is -2.26. The molecule has 258 valence electrons. The number of hydrogen-bond acceptors (Lipinski definition) is 2. The van der Waals surface area contributed by atoms with Gasteiger partial charge in [0, 0.05) is 50.4 Å². The minimum Gasteiger partial charge on any atom is -0.456 e. The van der Waals surface area contributed by atoms with Crippen LogP contribution in [-0.4, -0.2) is 4.57 Å². The molecule has 0 radical (unpaired) electrons. The Morgan fingerprint density at radius 3 is 1.55 bits per heavy atom. The van der Waals surface area contributed by atoms with Gasteiger partial charge >= 0.3 is 0 Å². The molecule has 0 fully saturated rings. The molecule has 0 saturated carbocycles. The molecule has 9 aromatic carbocycles. The van der Waals surface area contributed by atoms with Crippen LogP contribution in [0, 0.1) is 0 Å². The molecule has 3 nitrogen and oxygen atoms in total. The molecule has 2 aromatic heterocycles. The number of anilines is 3. The fraction of sp³-hybridized carbons (Fsp3) is 0. The summed E-state index contributed by atoms with van der Waals surface area (Å²) in [6, 6.07) is 73.9. The molecule has 0 saturated heterocycles. The standard InChI is InChI=1S/C52H34N2O/c1-2-12-43-37(10-1)11-9-16-44(43)38-24-30-40(31-25-38)53(42-32-33-48-47-15-5-8-19-51(47)55-52(48)34-42)39-26-20-35(21-27-39)36-22-28-41(29-23-36)54-49-17-6-3-13-45(49)46-14-4-7-18-50(46)54/h1-34H. The average molecular weight is 703 g/mol. The van der Waals surface area contributed by atoms with Gasteiger partial charge in [-0.2, -0.15) is 0 Å². The third-order valence-corrected chi connectivity index (χ3v) is 11.0. The van der Waals surface area contributed by atoms with Crippen molar-refractivity contribution in [2.24, 2.45) is 0 Å². The molecule has 11 aromatic rings. The van der Waals surface area contributed by atoms with E-state index in [1.807, 2.05) is 12.1 Å². The molecule has 3 heteroatoms. The molecular weight excluding hydrogens is 669 g/mol. The second-order valence-electron chi connectivity index (χ2n) is 14.2. The third-order valence-electron chi connectivity index (χ3n) is 11.0. The number of furan rings is 1. The van der Waals surface area contributed by atoms with Crippen molar-refractivity contribution in [3.8, 4) is 27.9 Å². The monoisotopic (exact) mass is 702 g/mol. The van der Waals surface area contributed by atoms with Gasteiger partial charge in [0.15, 0.2) is 0 Å². The highest BCUT2D eigenvalue weighted by atomic mass is 16.3. The highest BCUT2D eigenvalue weighted by Gasteiger charge is 2.17. The Bertz CT molecular complexity index is 3130. The first kappa shape index (κ1) is 31.2. The van der Waals surface area contributed by atoms with E-state index in [1.54, 1.807) is 0 Å². The van der Waals surface area contributed by atoms with Gasteiger partial charge in [0.05, 0.1) is 11.0 Å². The maximum absolute atomic E-state index is 6.37. The van der Waals surface area contributed by atoms with Gasteiger partial charge in [0.1, 0.15) is 11.2 Å². The van der Waals surface area contributed by atoms with Gasteiger partial charge in [-0.15, -0.1) is 0 Å². The van der Waals surface area contributed by atoms with Gasteiger partial charge in [-0.05, 0) is 99.8 Å². The van der Waals surface area contributed by atoms with Gasteiger partial charge in [-0.25, -0.2) is 0 Å². The van der Waals surface area contributed by atoms with E-state index in [0.717, 1.165) is 50.3 Å². The van der Waals surface area contributed by atoms with Gasteiger partial charge < -0.3 is 13.9 Å². The molecule has 0 aliphatic rings. The van der Waals surface area contributed by atoms with E-state index >= 15 is 0 Å². The van der Waals surface area contributed by atoms with E-state index in [1.165, 1.54) is 49.3 Å². The number of rotatable bonds is 6. The van der Waals surface area contributed by atoms with E-state index in [-0.39, 0.29) is 0 Å². The number of hydrogen-bond donors (Lipinski definition) is 0. The first-order valence-electron chi connectivity index (χ1n) is 18.8. The summed E-state index contributed by atoms with van der Waals surface area (Å²) in [6.07, 6.45) is 0. The fourth-order valence-electron chi connectivity index (χ4n) is 8.37. The number of fused-ring (bicyclic) bond motifs is 7. The summed E-state index contributed by atoms with van der Waals surface area (Å²) in [5, 5.41) is 7.28. The number of para-hydroxylation sites is 3. The molecule has 0 amide bonds. The van der Waals surface area contributed by atoms with Crippen LogP contribution in [0.15, 0.2) is 211 Å². The zero-order valence-electron chi connectivity index (χ0n) is 29.9. The fourth-order valence-corrected chi connectivity index (χ4v) is 8.37. The molecular formula is C52H34N2O. The number of benzene rings is 9. The second kappa shape index (κ2) is 12.6. The molecule has 0 spiro atoms. The van der Waals surface area contributed by atoms with Crippen LogP contribution in [0.3, 0.4) is 0 Å². The molecule has 0 aliphatic carbocycles. The lowest BCUT2D eigenvalue weighted by Crippen LogP contribution is -2.09. The normalized spacial score (nSPS) is 11.6. The van der Waals surface area contributed by atoms with Crippen molar-refractivity contribution in [3.05, 3.63) is 206 Å². The van der Waals surface area contributed by atoms with Crippen molar-refractivity contribution in [1.82, 2.24) is 4.57 Å². The third kappa shape index (κ3) is 5.20. The number of nitrogens with zero attached hydrogens (tertiary/aromatic N) is 2. The Morgan fingerprint density at radius 2 is 0.855 bits per heavy atom. The molecule has 0 aliphatic heterocycles. The smallest absolute Gasteiger partial charge is 0.137 e. The Labute approximate surface area is 318 Å². The summed E-state index contributed by atoms with van der Waals surface area (Å²) < 4.78 is 8.73. The summed E-state index contributed by atoms with van der Waals surface area (Å²) in [4.78, 5) is 2.31. The minimum absolute atomic E-state index is 0.871. The van der Waals surface area contributed by atoms with Crippen molar-refractivity contribution in [3.63, 3.8) is 0 Å². The van der Waals surface area contributed by atoms with Gasteiger partial charge in [0.25, 0.3) is 0 Å². The molecule has 0 atom stereocenters. The first-order chi connectivity index (χ1) is 27.3. The van der Waals surface area contributed by atoms with E-state index in [2.05, 4.69) is 204 Å².